The number of alkyl halides is 1. The first kappa shape index (κ1) is 29.0. The molecule has 0 bridgehead atoms. The van der Waals surface area contributed by atoms with E-state index >= 15 is 0 Å². The van der Waals surface area contributed by atoms with Crippen LogP contribution in [-0.2, 0) is 11.2 Å². The predicted octanol–water partition coefficient (Wildman–Crippen LogP) is 5.81. The third kappa shape index (κ3) is 7.03. The molecule has 5 rings (SSSR count). The summed E-state index contributed by atoms with van der Waals surface area (Å²) in [4.78, 5) is 31.1. The second-order valence-electron chi connectivity index (χ2n) is 10.2. The average molecular weight is 588 g/mol. The highest BCUT2D eigenvalue weighted by molar-refractivity contribution is 6.27. The lowest BCUT2D eigenvalue weighted by molar-refractivity contribution is -0.119. The molecule has 1 saturated heterocycles. The number of halogens is 1. The van der Waals surface area contributed by atoms with Gasteiger partial charge in [0.15, 0.2) is 11.5 Å². The second kappa shape index (κ2) is 13.4. The van der Waals surface area contributed by atoms with E-state index in [9.17, 15) is 9.59 Å². The number of amides is 3. The fraction of sp³-hybridized carbons (Fsp3) is 0.281. The van der Waals surface area contributed by atoms with Gasteiger partial charge < -0.3 is 30.3 Å². The summed E-state index contributed by atoms with van der Waals surface area (Å²) in [6.45, 7) is 1.68. The number of fused-ring (bicyclic) bond motifs is 1. The molecule has 1 aliphatic rings. The molecule has 2 heterocycles. The van der Waals surface area contributed by atoms with Crippen molar-refractivity contribution in [3.8, 4) is 11.5 Å². The molecule has 0 atom stereocenters. The number of pyridine rings is 1. The Kier molecular flexibility index (Phi) is 9.28. The Labute approximate surface area is 250 Å². The van der Waals surface area contributed by atoms with Gasteiger partial charge in [0.25, 0.3) is 0 Å². The number of aromatic nitrogens is 1. The lowest BCUT2D eigenvalue weighted by atomic mass is 10.0. The van der Waals surface area contributed by atoms with Crippen molar-refractivity contribution in [2.24, 2.45) is 0 Å². The van der Waals surface area contributed by atoms with E-state index in [0.717, 1.165) is 53.6 Å². The SMILES string of the molecule is COc1cc2nccc(Cc3cccc(NC(=O)Nc4ccc(N5CCC(NC(=O)CCl)CC5)cc4)c3)c2cc1OC. The van der Waals surface area contributed by atoms with Gasteiger partial charge in [0.2, 0.25) is 5.91 Å². The summed E-state index contributed by atoms with van der Waals surface area (Å²) in [5.41, 5.74) is 5.44. The van der Waals surface area contributed by atoms with E-state index in [2.05, 4.69) is 25.8 Å². The first-order valence-electron chi connectivity index (χ1n) is 13.8. The Hall–Kier alpha value is -4.50. The monoisotopic (exact) mass is 587 g/mol. The third-order valence-corrected chi connectivity index (χ3v) is 7.63. The van der Waals surface area contributed by atoms with Gasteiger partial charge in [0, 0.05) is 53.8 Å². The molecule has 0 aliphatic carbocycles. The molecule has 218 valence electrons. The number of rotatable bonds is 9. The zero-order valence-corrected chi connectivity index (χ0v) is 24.4. The van der Waals surface area contributed by atoms with Gasteiger partial charge in [-0.05, 0) is 78.9 Å². The van der Waals surface area contributed by atoms with Gasteiger partial charge in [-0.15, -0.1) is 11.6 Å². The van der Waals surface area contributed by atoms with Crippen molar-refractivity contribution in [3.63, 3.8) is 0 Å². The van der Waals surface area contributed by atoms with Gasteiger partial charge in [0.1, 0.15) is 5.88 Å². The number of hydrogen-bond donors (Lipinski definition) is 3. The van der Waals surface area contributed by atoms with Crippen LogP contribution in [0, 0.1) is 0 Å². The highest BCUT2D eigenvalue weighted by Crippen LogP contribution is 2.33. The summed E-state index contributed by atoms with van der Waals surface area (Å²) in [6.07, 6.45) is 4.17. The molecule has 4 aromatic rings. The van der Waals surface area contributed by atoms with E-state index in [1.54, 1.807) is 20.4 Å². The number of carbonyl (C=O) groups is 2. The normalized spacial score (nSPS) is 13.5. The van der Waals surface area contributed by atoms with E-state index in [4.69, 9.17) is 21.1 Å². The second-order valence-corrected chi connectivity index (χ2v) is 10.4. The lowest BCUT2D eigenvalue weighted by Crippen LogP contribution is -2.45. The number of urea groups is 1. The van der Waals surface area contributed by atoms with Crippen LogP contribution in [0.4, 0.5) is 21.9 Å². The molecule has 0 saturated carbocycles. The third-order valence-electron chi connectivity index (χ3n) is 7.39. The number of nitrogens with zero attached hydrogens (tertiary/aromatic N) is 2. The fourth-order valence-corrected chi connectivity index (χ4v) is 5.34. The largest absolute Gasteiger partial charge is 0.493 e. The number of piperidine rings is 1. The zero-order valence-electron chi connectivity index (χ0n) is 23.7. The Morgan fingerprint density at radius 3 is 2.36 bits per heavy atom. The Morgan fingerprint density at radius 1 is 0.929 bits per heavy atom. The maximum absolute atomic E-state index is 12.8. The van der Waals surface area contributed by atoms with E-state index in [1.165, 1.54) is 0 Å². The van der Waals surface area contributed by atoms with Gasteiger partial charge in [-0.1, -0.05) is 12.1 Å². The van der Waals surface area contributed by atoms with Crippen molar-refractivity contribution in [1.82, 2.24) is 10.3 Å². The van der Waals surface area contributed by atoms with Crippen LogP contribution in [0.1, 0.15) is 24.0 Å². The minimum absolute atomic E-state index is 0.0109. The molecular weight excluding hydrogens is 554 g/mol. The highest BCUT2D eigenvalue weighted by atomic mass is 35.5. The van der Waals surface area contributed by atoms with Crippen LogP contribution in [-0.4, -0.2) is 56.2 Å². The Bertz CT molecular complexity index is 1550. The highest BCUT2D eigenvalue weighted by Gasteiger charge is 2.20. The first-order valence-corrected chi connectivity index (χ1v) is 14.4. The van der Waals surface area contributed by atoms with Crippen LogP contribution < -0.4 is 30.3 Å². The summed E-state index contributed by atoms with van der Waals surface area (Å²) in [6, 6.07) is 21.2. The first-order chi connectivity index (χ1) is 20.4. The van der Waals surface area contributed by atoms with Crippen LogP contribution >= 0.6 is 11.6 Å². The summed E-state index contributed by atoms with van der Waals surface area (Å²) in [7, 11) is 3.22. The molecule has 3 aromatic carbocycles. The number of ether oxygens (including phenoxy) is 2. The van der Waals surface area contributed by atoms with Crippen LogP contribution in [0.3, 0.4) is 0 Å². The summed E-state index contributed by atoms with van der Waals surface area (Å²) in [5, 5.41) is 9.79. The van der Waals surface area contributed by atoms with Crippen molar-refractivity contribution in [3.05, 3.63) is 84.1 Å². The number of benzene rings is 3. The number of methoxy groups -OCH3 is 2. The van der Waals surface area contributed by atoms with Crippen molar-refractivity contribution in [1.29, 1.82) is 0 Å². The molecule has 0 spiro atoms. The molecule has 1 aromatic heterocycles. The molecule has 10 heteroatoms. The quantitative estimate of drug-likeness (QED) is 0.213. The molecule has 3 N–H and O–H groups in total. The van der Waals surface area contributed by atoms with E-state index in [-0.39, 0.29) is 23.9 Å². The van der Waals surface area contributed by atoms with Gasteiger partial charge in [-0.3, -0.25) is 9.78 Å². The number of anilines is 3. The molecule has 42 heavy (non-hydrogen) atoms. The summed E-state index contributed by atoms with van der Waals surface area (Å²) < 4.78 is 10.9. The maximum Gasteiger partial charge on any atom is 0.323 e. The van der Waals surface area contributed by atoms with Crippen molar-refractivity contribution < 1.29 is 19.1 Å². The molecule has 0 radical (unpaired) electrons. The van der Waals surface area contributed by atoms with Crippen LogP contribution in [0.15, 0.2) is 72.9 Å². The summed E-state index contributed by atoms with van der Waals surface area (Å²) in [5.74, 6) is 1.15. The average Bonchev–Trinajstić information content (AvgIpc) is 3.01. The summed E-state index contributed by atoms with van der Waals surface area (Å²) >= 11 is 5.60. The van der Waals surface area contributed by atoms with Gasteiger partial charge >= 0.3 is 6.03 Å². The topological polar surface area (TPSA) is 105 Å². The van der Waals surface area contributed by atoms with E-state index in [1.807, 2.05) is 66.7 Å². The number of carbonyl (C=O) groups excluding carboxylic acids is 2. The molecule has 9 nitrogen and oxygen atoms in total. The molecule has 0 unspecified atom stereocenters. The van der Waals surface area contributed by atoms with Crippen LogP contribution in [0.5, 0.6) is 11.5 Å². The smallest absolute Gasteiger partial charge is 0.323 e. The molecular formula is C32H34ClN5O4. The van der Waals surface area contributed by atoms with Crippen LogP contribution in [0.25, 0.3) is 10.9 Å². The fourth-order valence-electron chi connectivity index (χ4n) is 5.26. The standard InChI is InChI=1S/C32H34ClN5O4/c1-41-29-18-27-22(10-13-34-28(27)19-30(29)42-2)16-21-4-3-5-25(17-21)37-32(40)36-23-6-8-26(9-7-23)38-14-11-24(12-15-38)35-31(39)20-33/h3-10,13,17-19,24H,11-12,14-16,20H2,1-2H3,(H,35,39)(H2,36,37,40). The number of hydrogen-bond acceptors (Lipinski definition) is 6. The minimum atomic E-state index is -0.318. The van der Waals surface area contributed by atoms with Crippen LogP contribution in [0.2, 0.25) is 0 Å². The molecule has 1 aliphatic heterocycles. The van der Waals surface area contributed by atoms with E-state index < -0.39 is 0 Å². The molecule has 3 amide bonds. The zero-order chi connectivity index (χ0) is 29.5. The van der Waals surface area contributed by atoms with Crippen molar-refractivity contribution in [2.75, 3.05) is 48.7 Å². The van der Waals surface area contributed by atoms with Crippen molar-refractivity contribution >= 4 is 51.5 Å². The Morgan fingerprint density at radius 2 is 1.64 bits per heavy atom. The van der Waals surface area contributed by atoms with Gasteiger partial charge in [0.05, 0.1) is 19.7 Å². The minimum Gasteiger partial charge on any atom is -0.493 e. The Balaban J connectivity index is 1.18. The molecule has 1 fully saturated rings. The predicted molar refractivity (Wildman–Crippen MR) is 167 cm³/mol. The lowest BCUT2D eigenvalue weighted by Gasteiger charge is -2.34. The maximum atomic E-state index is 12.8. The van der Waals surface area contributed by atoms with E-state index in [0.29, 0.717) is 29.3 Å². The van der Waals surface area contributed by atoms with Gasteiger partial charge in [-0.2, -0.15) is 0 Å². The number of nitrogens with one attached hydrogen (secondary N) is 3. The van der Waals surface area contributed by atoms with Gasteiger partial charge in [-0.25, -0.2) is 4.79 Å². The van der Waals surface area contributed by atoms with Crippen molar-refractivity contribution in [2.45, 2.75) is 25.3 Å².